The van der Waals surface area contributed by atoms with E-state index in [4.69, 9.17) is 4.74 Å². The minimum absolute atomic E-state index is 0.0690. The molecule has 0 saturated carbocycles. The van der Waals surface area contributed by atoms with Crippen LogP contribution in [0.25, 0.3) is 11.2 Å². The number of benzene rings is 1. The molecule has 1 saturated heterocycles. The van der Waals surface area contributed by atoms with Crippen LogP contribution >= 0.6 is 0 Å². The summed E-state index contributed by atoms with van der Waals surface area (Å²) in [5, 5.41) is 18.7. The number of carbonyl (C=O) groups is 2. The van der Waals surface area contributed by atoms with Gasteiger partial charge < -0.3 is 30.7 Å². The first-order valence-electron chi connectivity index (χ1n) is 12.7. The van der Waals surface area contributed by atoms with Crippen molar-refractivity contribution in [2.75, 3.05) is 37.6 Å². The van der Waals surface area contributed by atoms with Crippen LogP contribution in [0.2, 0.25) is 0 Å². The number of aliphatic carboxylic acids is 1. The summed E-state index contributed by atoms with van der Waals surface area (Å²) in [6, 6.07) is 9.25. The maximum atomic E-state index is 12.5. The lowest BCUT2D eigenvalue weighted by Gasteiger charge is -2.33. The highest BCUT2D eigenvalue weighted by Crippen LogP contribution is 2.28. The van der Waals surface area contributed by atoms with Crippen LogP contribution in [-0.2, 0) is 16.1 Å². The number of amides is 1. The molecule has 0 bridgehead atoms. The number of anilines is 1. The molecule has 13 heteroatoms. The van der Waals surface area contributed by atoms with E-state index >= 15 is 0 Å². The van der Waals surface area contributed by atoms with E-state index in [9.17, 15) is 14.7 Å². The maximum absolute atomic E-state index is 12.5. The molecule has 0 spiro atoms. The summed E-state index contributed by atoms with van der Waals surface area (Å²) in [6.45, 7) is 4.27. The van der Waals surface area contributed by atoms with Crippen molar-refractivity contribution in [2.24, 2.45) is 10.9 Å². The normalized spacial score (nSPS) is 16.5. The number of piperidine rings is 1. The van der Waals surface area contributed by atoms with E-state index in [1.54, 1.807) is 4.57 Å². The number of carbonyl (C=O) groups excluding carboxylic acids is 1. The molecule has 2 aromatic heterocycles. The highest BCUT2D eigenvalue weighted by atomic mass is 16.5. The lowest BCUT2D eigenvalue weighted by Crippen LogP contribution is -2.41. The van der Waals surface area contributed by atoms with E-state index in [1.165, 1.54) is 12.7 Å². The predicted molar refractivity (Wildman–Crippen MR) is 140 cm³/mol. The van der Waals surface area contributed by atoms with Crippen LogP contribution in [0.1, 0.15) is 31.0 Å². The number of nitrogens with zero attached hydrogens (tertiary/aromatic N) is 6. The molecular weight excluding hydrogens is 490 g/mol. The first-order chi connectivity index (χ1) is 18.6. The van der Waals surface area contributed by atoms with Gasteiger partial charge in [-0.2, -0.15) is 0 Å². The van der Waals surface area contributed by atoms with Gasteiger partial charge in [0.25, 0.3) is 0 Å². The van der Waals surface area contributed by atoms with Crippen LogP contribution in [-0.4, -0.2) is 75.4 Å². The first-order valence-corrected chi connectivity index (χ1v) is 12.7. The largest absolute Gasteiger partial charge is 0.481 e. The SMILES string of the molecule is O=C(O)CC(NC(=O)OCc1ccccc1)n1cnc2c(N3CCC(CNC4=NCCN4)CC3)ncnc21. The minimum Gasteiger partial charge on any atom is -0.481 e. The fourth-order valence-electron chi connectivity index (χ4n) is 4.69. The molecule has 1 unspecified atom stereocenters. The zero-order valence-electron chi connectivity index (χ0n) is 20.9. The number of hydrogen-bond donors (Lipinski definition) is 4. The van der Waals surface area contributed by atoms with E-state index in [1.807, 2.05) is 30.3 Å². The molecule has 1 fully saturated rings. The number of carboxylic acid groups (broad SMARTS) is 1. The van der Waals surface area contributed by atoms with E-state index in [-0.39, 0.29) is 13.0 Å². The molecule has 4 N–H and O–H groups in total. The molecule has 1 aromatic carbocycles. The standard InChI is InChI=1S/C25H31N9O4/c35-20(36)12-19(32-25(37)38-14-18-4-2-1-3-5-18)34-16-31-21-22(29-15-30-23(21)34)33-10-6-17(7-11-33)13-28-24-26-8-9-27-24/h1-5,15-17,19H,6-14H2,(H,32,37)(H,35,36)(H2,26,27,28). The number of imidazole rings is 1. The third-order valence-electron chi connectivity index (χ3n) is 6.69. The predicted octanol–water partition coefficient (Wildman–Crippen LogP) is 1.49. The van der Waals surface area contributed by atoms with E-state index in [2.05, 4.69) is 40.8 Å². The number of aliphatic imine (C=N–C) groups is 1. The van der Waals surface area contributed by atoms with Gasteiger partial charge in [-0.05, 0) is 24.3 Å². The number of aromatic nitrogens is 4. The monoisotopic (exact) mass is 521 g/mol. The van der Waals surface area contributed by atoms with Gasteiger partial charge >= 0.3 is 12.1 Å². The van der Waals surface area contributed by atoms with Gasteiger partial charge in [0.15, 0.2) is 22.9 Å². The zero-order chi connectivity index (χ0) is 26.3. The number of ether oxygens (including phenoxy) is 1. The Hall–Kier alpha value is -4.42. The summed E-state index contributed by atoms with van der Waals surface area (Å²) in [5.41, 5.74) is 1.83. The van der Waals surface area contributed by atoms with Gasteiger partial charge in [-0.1, -0.05) is 30.3 Å². The fraction of sp³-hybridized carbons (Fsp3) is 0.440. The second kappa shape index (κ2) is 11.8. The molecule has 5 rings (SSSR count). The van der Waals surface area contributed by atoms with Crippen LogP contribution in [0.3, 0.4) is 0 Å². The number of carboxylic acids is 1. The van der Waals surface area contributed by atoms with Crippen LogP contribution < -0.4 is 20.9 Å². The lowest BCUT2D eigenvalue weighted by molar-refractivity contribution is -0.138. The van der Waals surface area contributed by atoms with Gasteiger partial charge in [0.1, 0.15) is 19.1 Å². The number of guanidine groups is 1. The molecule has 1 amide bonds. The van der Waals surface area contributed by atoms with Crippen molar-refractivity contribution in [1.29, 1.82) is 0 Å². The van der Waals surface area contributed by atoms with Crippen molar-refractivity contribution in [3.05, 3.63) is 48.5 Å². The average molecular weight is 522 g/mol. The van der Waals surface area contributed by atoms with E-state index in [0.717, 1.165) is 57.1 Å². The van der Waals surface area contributed by atoms with Crippen molar-refractivity contribution in [3.63, 3.8) is 0 Å². The Kier molecular flexibility index (Phi) is 7.81. The van der Waals surface area contributed by atoms with Gasteiger partial charge in [0.2, 0.25) is 0 Å². The number of fused-ring (bicyclic) bond motifs is 1. The van der Waals surface area contributed by atoms with Crippen molar-refractivity contribution < 1.29 is 19.4 Å². The van der Waals surface area contributed by atoms with Crippen LogP contribution in [0, 0.1) is 5.92 Å². The van der Waals surface area contributed by atoms with Crippen molar-refractivity contribution in [2.45, 2.75) is 32.0 Å². The zero-order valence-corrected chi connectivity index (χ0v) is 20.9. The summed E-state index contributed by atoms with van der Waals surface area (Å²) in [5.74, 6) is 1.02. The molecule has 200 valence electrons. The maximum Gasteiger partial charge on any atom is 0.409 e. The number of nitrogens with one attached hydrogen (secondary N) is 3. The number of rotatable bonds is 9. The van der Waals surface area contributed by atoms with Crippen LogP contribution in [0.5, 0.6) is 0 Å². The summed E-state index contributed by atoms with van der Waals surface area (Å²) < 4.78 is 6.84. The molecule has 0 aliphatic carbocycles. The van der Waals surface area contributed by atoms with Crippen molar-refractivity contribution >= 4 is 35.0 Å². The molecule has 2 aliphatic heterocycles. The highest BCUT2D eigenvalue weighted by Gasteiger charge is 2.26. The lowest BCUT2D eigenvalue weighted by atomic mass is 9.97. The Labute approximate surface area is 219 Å². The number of hydrogen-bond acceptors (Lipinski definition) is 10. The smallest absolute Gasteiger partial charge is 0.409 e. The van der Waals surface area contributed by atoms with Gasteiger partial charge in [-0.3, -0.25) is 14.4 Å². The molecule has 1 atom stereocenters. The fourth-order valence-corrected chi connectivity index (χ4v) is 4.69. The third kappa shape index (κ3) is 6.10. The minimum atomic E-state index is -1.08. The van der Waals surface area contributed by atoms with E-state index < -0.39 is 18.2 Å². The molecular formula is C25H31N9O4. The Morgan fingerprint density at radius 1 is 1.16 bits per heavy atom. The van der Waals surface area contributed by atoms with Gasteiger partial charge in [0.05, 0.1) is 19.3 Å². The molecule has 4 heterocycles. The Bertz CT molecular complexity index is 1290. The summed E-state index contributed by atoms with van der Waals surface area (Å²) in [6.07, 6.45) is 2.87. The van der Waals surface area contributed by atoms with Crippen LogP contribution in [0.15, 0.2) is 48.0 Å². The second-order valence-electron chi connectivity index (χ2n) is 9.31. The third-order valence-corrected chi connectivity index (χ3v) is 6.69. The van der Waals surface area contributed by atoms with Gasteiger partial charge in [-0.25, -0.2) is 19.7 Å². The quantitative estimate of drug-likeness (QED) is 0.325. The van der Waals surface area contributed by atoms with E-state index in [0.29, 0.717) is 22.9 Å². The van der Waals surface area contributed by atoms with Crippen molar-refractivity contribution in [3.8, 4) is 0 Å². The Balaban J connectivity index is 1.25. The van der Waals surface area contributed by atoms with Gasteiger partial charge in [0, 0.05) is 26.2 Å². The highest BCUT2D eigenvalue weighted by molar-refractivity contribution is 5.84. The van der Waals surface area contributed by atoms with Crippen molar-refractivity contribution in [1.82, 2.24) is 35.5 Å². The molecule has 0 radical (unpaired) electrons. The topological polar surface area (TPSA) is 159 Å². The Morgan fingerprint density at radius 2 is 1.97 bits per heavy atom. The average Bonchev–Trinajstić information content (AvgIpc) is 3.61. The molecule has 3 aromatic rings. The summed E-state index contributed by atoms with van der Waals surface area (Å²) >= 11 is 0. The summed E-state index contributed by atoms with van der Waals surface area (Å²) in [4.78, 5) is 44.0. The molecule has 38 heavy (non-hydrogen) atoms. The summed E-state index contributed by atoms with van der Waals surface area (Å²) in [7, 11) is 0. The molecule has 13 nitrogen and oxygen atoms in total. The second-order valence-corrected chi connectivity index (χ2v) is 9.31. The van der Waals surface area contributed by atoms with Gasteiger partial charge in [-0.15, -0.1) is 0 Å². The molecule has 2 aliphatic rings. The first kappa shape index (κ1) is 25.2. The van der Waals surface area contributed by atoms with Crippen LogP contribution in [0.4, 0.5) is 10.6 Å². The Morgan fingerprint density at radius 3 is 2.71 bits per heavy atom. The number of alkyl carbamates (subject to hydrolysis) is 1.